The number of benzene rings is 1. The number of hydrogen-bond acceptors (Lipinski definition) is 4. The molecule has 2 aromatic heterocycles. The van der Waals surface area contributed by atoms with Crippen molar-refractivity contribution < 1.29 is 9.32 Å². The van der Waals surface area contributed by atoms with Crippen molar-refractivity contribution in [3.05, 3.63) is 64.6 Å². The van der Waals surface area contributed by atoms with Gasteiger partial charge in [0.1, 0.15) is 0 Å². The minimum Gasteiger partial charge on any atom is -0.339 e. The van der Waals surface area contributed by atoms with Crippen molar-refractivity contribution in [2.75, 3.05) is 13.1 Å². The number of amides is 1. The maximum atomic E-state index is 13.3. The van der Waals surface area contributed by atoms with Crippen molar-refractivity contribution in [2.45, 2.75) is 46.5 Å². The molecule has 1 aromatic carbocycles. The lowest BCUT2D eigenvalue weighted by Gasteiger charge is -2.31. The number of carbonyl (C=O) groups is 1. The van der Waals surface area contributed by atoms with Crippen molar-refractivity contribution in [3.8, 4) is 5.69 Å². The van der Waals surface area contributed by atoms with Gasteiger partial charge in [0, 0.05) is 30.2 Å². The number of likely N-dealkylation sites (tertiary alicyclic amines) is 1. The minimum atomic E-state index is 0.0768. The van der Waals surface area contributed by atoms with Crippen molar-refractivity contribution in [1.82, 2.24) is 19.6 Å². The highest BCUT2D eigenvalue weighted by Crippen LogP contribution is 2.28. The molecule has 3 heterocycles. The molecule has 4 rings (SSSR count). The van der Waals surface area contributed by atoms with Crippen LogP contribution in [0.2, 0.25) is 0 Å². The summed E-state index contributed by atoms with van der Waals surface area (Å²) in [5.74, 6) is 1.47. The molecule has 1 fully saturated rings. The van der Waals surface area contributed by atoms with Gasteiger partial charge in [0.05, 0.1) is 11.5 Å². The second-order valence-corrected chi connectivity index (χ2v) is 7.73. The molecular formula is C22H26N4O2. The Hall–Kier alpha value is -2.89. The van der Waals surface area contributed by atoms with Crippen molar-refractivity contribution >= 4 is 5.91 Å². The number of rotatable bonds is 3. The lowest BCUT2D eigenvalue weighted by Crippen LogP contribution is -2.39. The third-order valence-electron chi connectivity index (χ3n) is 5.52. The predicted octanol–water partition coefficient (Wildman–Crippen LogP) is 4.11. The van der Waals surface area contributed by atoms with Crippen LogP contribution in [-0.2, 0) is 0 Å². The van der Waals surface area contributed by atoms with Gasteiger partial charge in [0.15, 0.2) is 5.82 Å². The van der Waals surface area contributed by atoms with E-state index >= 15 is 0 Å². The van der Waals surface area contributed by atoms with Gasteiger partial charge in [-0.1, -0.05) is 17.3 Å². The molecule has 1 amide bonds. The van der Waals surface area contributed by atoms with Gasteiger partial charge in [-0.05, 0) is 64.3 Å². The summed E-state index contributed by atoms with van der Waals surface area (Å²) >= 11 is 0. The smallest absolute Gasteiger partial charge is 0.255 e. The van der Waals surface area contributed by atoms with Gasteiger partial charge in [-0.15, -0.1) is 0 Å². The van der Waals surface area contributed by atoms with Gasteiger partial charge in [-0.25, -0.2) is 0 Å². The van der Waals surface area contributed by atoms with Crippen LogP contribution in [0.4, 0.5) is 0 Å². The summed E-state index contributed by atoms with van der Waals surface area (Å²) in [5.41, 5.74) is 5.09. The molecule has 1 atom stereocenters. The number of nitrogens with zero attached hydrogens (tertiary/aromatic N) is 4. The quantitative estimate of drug-likeness (QED) is 0.688. The fourth-order valence-electron chi connectivity index (χ4n) is 4.16. The highest BCUT2D eigenvalue weighted by molar-refractivity contribution is 5.96. The topological polar surface area (TPSA) is 64.2 Å². The molecule has 1 aliphatic heterocycles. The fraction of sp³-hybridized carbons (Fsp3) is 0.409. The van der Waals surface area contributed by atoms with E-state index < -0.39 is 0 Å². The molecule has 1 saturated heterocycles. The van der Waals surface area contributed by atoms with E-state index in [9.17, 15) is 4.79 Å². The Kier molecular flexibility index (Phi) is 4.79. The Balaban J connectivity index is 1.60. The molecule has 3 aromatic rings. The van der Waals surface area contributed by atoms with Crippen LogP contribution >= 0.6 is 0 Å². The zero-order valence-electron chi connectivity index (χ0n) is 16.9. The molecule has 0 N–H and O–H groups in total. The molecule has 6 nitrogen and oxygen atoms in total. The Morgan fingerprint density at radius 2 is 2.00 bits per heavy atom. The zero-order valence-corrected chi connectivity index (χ0v) is 16.9. The molecular weight excluding hydrogens is 352 g/mol. The van der Waals surface area contributed by atoms with Crippen LogP contribution in [0.3, 0.4) is 0 Å². The summed E-state index contributed by atoms with van der Waals surface area (Å²) in [4.78, 5) is 19.6. The van der Waals surface area contributed by atoms with Crippen LogP contribution in [0.1, 0.15) is 57.8 Å². The molecule has 6 heteroatoms. The summed E-state index contributed by atoms with van der Waals surface area (Å²) in [6, 6.07) is 10.4. The maximum Gasteiger partial charge on any atom is 0.255 e. The fourth-order valence-corrected chi connectivity index (χ4v) is 4.16. The normalized spacial score (nSPS) is 17.1. The molecule has 0 bridgehead atoms. The van der Waals surface area contributed by atoms with Crippen LogP contribution in [0.15, 0.2) is 34.9 Å². The third-order valence-corrected chi connectivity index (χ3v) is 5.52. The van der Waals surface area contributed by atoms with Crippen LogP contribution in [0.5, 0.6) is 0 Å². The summed E-state index contributed by atoms with van der Waals surface area (Å²) in [7, 11) is 0. The number of carbonyl (C=O) groups excluding carboxylic acids is 1. The Bertz CT molecular complexity index is 1020. The Labute approximate surface area is 165 Å². The zero-order chi connectivity index (χ0) is 19.8. The molecule has 0 saturated carbocycles. The molecule has 28 heavy (non-hydrogen) atoms. The molecule has 146 valence electrons. The number of hydrogen-bond donors (Lipinski definition) is 0. The second kappa shape index (κ2) is 7.26. The Morgan fingerprint density at radius 3 is 2.71 bits per heavy atom. The van der Waals surface area contributed by atoms with Gasteiger partial charge >= 0.3 is 0 Å². The number of aromatic nitrogens is 3. The first-order valence-corrected chi connectivity index (χ1v) is 9.79. The SMILES string of the molecule is Cc1cccc(-n2c(C)cc(C(=O)N3CCCC(c4nc(C)no4)C3)c2C)c1. The van der Waals surface area contributed by atoms with Gasteiger partial charge in [0.2, 0.25) is 5.89 Å². The van der Waals surface area contributed by atoms with Crippen molar-refractivity contribution in [2.24, 2.45) is 0 Å². The summed E-state index contributed by atoms with van der Waals surface area (Å²) < 4.78 is 7.51. The minimum absolute atomic E-state index is 0.0768. The van der Waals surface area contributed by atoms with Crippen LogP contribution in [-0.4, -0.2) is 38.6 Å². The van der Waals surface area contributed by atoms with Crippen LogP contribution in [0, 0.1) is 27.7 Å². The molecule has 1 unspecified atom stereocenters. The van der Waals surface area contributed by atoms with Gasteiger partial charge in [-0.2, -0.15) is 4.98 Å². The molecule has 0 radical (unpaired) electrons. The van der Waals surface area contributed by atoms with E-state index in [1.807, 2.05) is 37.8 Å². The third kappa shape index (κ3) is 3.35. The van der Waals surface area contributed by atoms with E-state index in [-0.39, 0.29) is 11.8 Å². The van der Waals surface area contributed by atoms with Crippen LogP contribution < -0.4 is 0 Å². The highest BCUT2D eigenvalue weighted by Gasteiger charge is 2.30. The molecule has 0 spiro atoms. The summed E-state index contributed by atoms with van der Waals surface area (Å²) in [6.45, 7) is 9.35. The van der Waals surface area contributed by atoms with Crippen molar-refractivity contribution in [1.29, 1.82) is 0 Å². The maximum absolute atomic E-state index is 13.3. The number of piperidine rings is 1. The summed E-state index contributed by atoms with van der Waals surface area (Å²) in [6.07, 6.45) is 1.90. The van der Waals surface area contributed by atoms with E-state index in [0.29, 0.717) is 18.3 Å². The average molecular weight is 378 g/mol. The average Bonchev–Trinajstić information content (AvgIpc) is 3.24. The molecule has 1 aliphatic rings. The lowest BCUT2D eigenvalue weighted by atomic mass is 9.97. The van der Waals surface area contributed by atoms with Crippen LogP contribution in [0.25, 0.3) is 5.69 Å². The number of aryl methyl sites for hydroxylation is 3. The first kappa shape index (κ1) is 18.5. The monoisotopic (exact) mass is 378 g/mol. The summed E-state index contributed by atoms with van der Waals surface area (Å²) in [5, 5.41) is 3.90. The van der Waals surface area contributed by atoms with E-state index in [4.69, 9.17) is 4.52 Å². The van der Waals surface area contributed by atoms with E-state index in [2.05, 4.69) is 39.8 Å². The second-order valence-electron chi connectivity index (χ2n) is 7.73. The lowest BCUT2D eigenvalue weighted by molar-refractivity contribution is 0.0695. The van der Waals surface area contributed by atoms with Gasteiger partial charge in [-0.3, -0.25) is 4.79 Å². The van der Waals surface area contributed by atoms with Gasteiger partial charge < -0.3 is 14.0 Å². The van der Waals surface area contributed by atoms with Crippen molar-refractivity contribution in [3.63, 3.8) is 0 Å². The van der Waals surface area contributed by atoms with E-state index in [1.165, 1.54) is 5.56 Å². The molecule has 0 aliphatic carbocycles. The first-order valence-electron chi connectivity index (χ1n) is 9.79. The Morgan fingerprint density at radius 1 is 1.18 bits per heavy atom. The largest absolute Gasteiger partial charge is 0.339 e. The van der Waals surface area contributed by atoms with E-state index in [0.717, 1.165) is 42.0 Å². The van der Waals surface area contributed by atoms with E-state index in [1.54, 1.807) is 0 Å². The standard InChI is InChI=1S/C22H26N4O2/c1-14-7-5-9-19(11-14)26-15(2)12-20(16(26)3)22(27)25-10-6-8-18(13-25)21-23-17(4)24-28-21/h5,7,9,11-12,18H,6,8,10,13H2,1-4H3. The van der Waals surface area contributed by atoms with Gasteiger partial charge in [0.25, 0.3) is 5.91 Å². The highest BCUT2D eigenvalue weighted by atomic mass is 16.5. The first-order chi connectivity index (χ1) is 13.4. The predicted molar refractivity (Wildman–Crippen MR) is 107 cm³/mol.